The van der Waals surface area contributed by atoms with E-state index in [9.17, 15) is 0 Å². The molecular formula is C11H16BrNO. The van der Waals surface area contributed by atoms with Crippen molar-refractivity contribution < 1.29 is 4.42 Å². The monoisotopic (exact) mass is 257 g/mol. The molecule has 1 saturated heterocycles. The summed E-state index contributed by atoms with van der Waals surface area (Å²) in [5.41, 5.74) is 0.335. The largest absolute Gasteiger partial charge is 0.466 e. The van der Waals surface area contributed by atoms with Crippen LogP contribution in [-0.4, -0.2) is 6.54 Å². The lowest BCUT2D eigenvalue weighted by Crippen LogP contribution is -2.51. The summed E-state index contributed by atoms with van der Waals surface area (Å²) < 4.78 is 6.56. The van der Waals surface area contributed by atoms with E-state index in [1.54, 1.807) is 6.26 Å². The summed E-state index contributed by atoms with van der Waals surface area (Å²) in [6.45, 7) is 7.92. The van der Waals surface area contributed by atoms with Crippen molar-refractivity contribution in [1.82, 2.24) is 5.32 Å². The Morgan fingerprint density at radius 3 is 2.57 bits per heavy atom. The number of halogens is 1. The molecule has 0 spiro atoms. The van der Waals surface area contributed by atoms with Crippen LogP contribution in [-0.2, 0) is 0 Å². The molecule has 3 heteroatoms. The van der Waals surface area contributed by atoms with Crippen molar-refractivity contribution in [2.45, 2.75) is 26.8 Å². The zero-order chi connectivity index (χ0) is 10.3. The van der Waals surface area contributed by atoms with Crippen LogP contribution in [0.25, 0.3) is 0 Å². The van der Waals surface area contributed by atoms with Crippen molar-refractivity contribution in [2.75, 3.05) is 6.54 Å². The summed E-state index contributed by atoms with van der Waals surface area (Å²) in [4.78, 5) is 0. The molecule has 0 radical (unpaired) electrons. The molecule has 0 amide bonds. The van der Waals surface area contributed by atoms with Crippen molar-refractivity contribution in [3.63, 3.8) is 0 Å². The van der Waals surface area contributed by atoms with Crippen LogP contribution in [0.1, 0.15) is 32.6 Å². The van der Waals surface area contributed by atoms with Crippen LogP contribution in [0.2, 0.25) is 0 Å². The Balaban J connectivity index is 2.18. The number of hydrogen-bond donors (Lipinski definition) is 1. The average molecular weight is 258 g/mol. The number of furan rings is 1. The molecule has 2 heterocycles. The minimum atomic E-state index is 0.335. The fourth-order valence-electron chi connectivity index (χ4n) is 1.96. The highest BCUT2D eigenvalue weighted by atomic mass is 79.9. The quantitative estimate of drug-likeness (QED) is 0.835. The first-order valence-electron chi connectivity index (χ1n) is 4.96. The lowest BCUT2D eigenvalue weighted by Gasteiger charge is -2.45. The van der Waals surface area contributed by atoms with Crippen LogP contribution < -0.4 is 5.32 Å². The molecule has 1 aliphatic heterocycles. The maximum Gasteiger partial charge on any atom is 0.135 e. The van der Waals surface area contributed by atoms with Gasteiger partial charge in [-0.3, -0.25) is 0 Å². The summed E-state index contributed by atoms with van der Waals surface area (Å²) >= 11 is 3.50. The molecule has 0 aliphatic carbocycles. The van der Waals surface area contributed by atoms with E-state index in [2.05, 4.69) is 42.0 Å². The molecule has 2 nitrogen and oxygen atoms in total. The Labute approximate surface area is 93.2 Å². The SMILES string of the molecule is CC(C)(C)C1CNC1c1occc1Br. The van der Waals surface area contributed by atoms with Gasteiger partial charge in [0.1, 0.15) is 5.76 Å². The first-order chi connectivity index (χ1) is 6.50. The topological polar surface area (TPSA) is 25.2 Å². The second kappa shape index (κ2) is 3.38. The van der Waals surface area contributed by atoms with Crippen LogP contribution in [0.3, 0.4) is 0 Å². The van der Waals surface area contributed by atoms with Crippen LogP contribution >= 0.6 is 15.9 Å². The molecule has 2 atom stereocenters. The molecule has 1 aliphatic rings. The second-order valence-electron chi connectivity index (χ2n) is 4.99. The van der Waals surface area contributed by atoms with Crippen molar-refractivity contribution in [3.05, 3.63) is 22.6 Å². The van der Waals surface area contributed by atoms with Crippen molar-refractivity contribution in [2.24, 2.45) is 11.3 Å². The Hall–Kier alpha value is -0.280. The van der Waals surface area contributed by atoms with E-state index in [0.717, 1.165) is 16.8 Å². The van der Waals surface area contributed by atoms with Gasteiger partial charge in [-0.25, -0.2) is 0 Å². The molecule has 14 heavy (non-hydrogen) atoms. The molecule has 0 saturated carbocycles. The Morgan fingerprint density at radius 2 is 2.21 bits per heavy atom. The summed E-state index contributed by atoms with van der Waals surface area (Å²) in [6.07, 6.45) is 1.74. The predicted molar refractivity (Wildman–Crippen MR) is 60.1 cm³/mol. The normalized spacial score (nSPS) is 27.4. The number of hydrogen-bond acceptors (Lipinski definition) is 2. The molecule has 1 fully saturated rings. The van der Waals surface area contributed by atoms with Gasteiger partial charge in [0.15, 0.2) is 0 Å². The summed E-state index contributed by atoms with van der Waals surface area (Å²) in [7, 11) is 0. The molecule has 1 N–H and O–H groups in total. The van der Waals surface area contributed by atoms with Crippen molar-refractivity contribution >= 4 is 15.9 Å². The molecule has 0 aromatic carbocycles. The molecule has 0 bridgehead atoms. The van der Waals surface area contributed by atoms with Crippen LogP contribution in [0.5, 0.6) is 0 Å². The summed E-state index contributed by atoms with van der Waals surface area (Å²) in [5, 5.41) is 3.42. The highest BCUT2D eigenvalue weighted by Gasteiger charge is 2.42. The first kappa shape index (κ1) is 10.2. The van der Waals surface area contributed by atoms with Gasteiger partial charge >= 0.3 is 0 Å². The van der Waals surface area contributed by atoms with Gasteiger partial charge in [-0.1, -0.05) is 20.8 Å². The Morgan fingerprint density at radius 1 is 1.50 bits per heavy atom. The van der Waals surface area contributed by atoms with E-state index in [4.69, 9.17) is 4.42 Å². The van der Waals surface area contributed by atoms with Crippen LogP contribution in [0, 0.1) is 11.3 Å². The van der Waals surface area contributed by atoms with E-state index >= 15 is 0 Å². The van der Waals surface area contributed by atoms with Gasteiger partial charge in [0.2, 0.25) is 0 Å². The fourth-order valence-corrected chi connectivity index (χ4v) is 2.41. The van der Waals surface area contributed by atoms with Crippen LogP contribution in [0.4, 0.5) is 0 Å². The van der Waals surface area contributed by atoms with E-state index in [0.29, 0.717) is 17.4 Å². The first-order valence-corrected chi connectivity index (χ1v) is 5.75. The summed E-state index contributed by atoms with van der Waals surface area (Å²) in [6, 6.07) is 2.33. The lowest BCUT2D eigenvalue weighted by molar-refractivity contribution is 0.0841. The average Bonchev–Trinajstić information content (AvgIpc) is 2.30. The zero-order valence-corrected chi connectivity index (χ0v) is 10.4. The van der Waals surface area contributed by atoms with Gasteiger partial charge in [-0.2, -0.15) is 0 Å². The van der Waals surface area contributed by atoms with Crippen molar-refractivity contribution in [3.8, 4) is 0 Å². The smallest absolute Gasteiger partial charge is 0.135 e. The molecule has 2 unspecified atom stereocenters. The number of rotatable bonds is 1. The van der Waals surface area contributed by atoms with Gasteiger partial charge in [0.25, 0.3) is 0 Å². The van der Waals surface area contributed by atoms with E-state index < -0.39 is 0 Å². The van der Waals surface area contributed by atoms with E-state index in [1.165, 1.54) is 0 Å². The minimum Gasteiger partial charge on any atom is -0.466 e. The fraction of sp³-hybridized carbons (Fsp3) is 0.636. The van der Waals surface area contributed by atoms with Gasteiger partial charge in [0, 0.05) is 6.54 Å². The van der Waals surface area contributed by atoms with Gasteiger partial charge in [-0.05, 0) is 33.3 Å². The molecular weight excluding hydrogens is 242 g/mol. The van der Waals surface area contributed by atoms with Crippen LogP contribution in [0.15, 0.2) is 21.2 Å². The summed E-state index contributed by atoms with van der Waals surface area (Å²) in [5.74, 6) is 1.70. The third-order valence-electron chi connectivity index (χ3n) is 3.00. The lowest BCUT2D eigenvalue weighted by atomic mass is 9.71. The van der Waals surface area contributed by atoms with E-state index in [-0.39, 0.29) is 0 Å². The Kier molecular flexibility index (Phi) is 2.48. The minimum absolute atomic E-state index is 0.335. The number of nitrogens with one attached hydrogen (secondary N) is 1. The third kappa shape index (κ3) is 1.63. The zero-order valence-electron chi connectivity index (χ0n) is 8.80. The Bertz CT molecular complexity index is 326. The highest BCUT2D eigenvalue weighted by Crippen LogP contribution is 2.43. The maximum absolute atomic E-state index is 5.48. The van der Waals surface area contributed by atoms with Gasteiger partial charge in [0.05, 0.1) is 16.8 Å². The standard InChI is InChI=1S/C11H16BrNO/c1-11(2,3)7-6-13-9(7)10-8(12)4-5-14-10/h4-5,7,9,13H,6H2,1-3H3. The molecule has 1 aromatic heterocycles. The third-order valence-corrected chi connectivity index (χ3v) is 3.65. The van der Waals surface area contributed by atoms with E-state index in [1.807, 2.05) is 6.07 Å². The molecule has 2 rings (SSSR count). The van der Waals surface area contributed by atoms with Gasteiger partial charge < -0.3 is 9.73 Å². The highest BCUT2D eigenvalue weighted by molar-refractivity contribution is 9.10. The van der Waals surface area contributed by atoms with Gasteiger partial charge in [-0.15, -0.1) is 0 Å². The molecule has 1 aromatic rings. The predicted octanol–water partition coefficient (Wildman–Crippen LogP) is 3.35. The molecule has 78 valence electrons. The maximum atomic E-state index is 5.48. The second-order valence-corrected chi connectivity index (χ2v) is 5.85. The van der Waals surface area contributed by atoms with Crippen molar-refractivity contribution in [1.29, 1.82) is 0 Å².